The summed E-state index contributed by atoms with van der Waals surface area (Å²) < 4.78 is 2.20. The Kier molecular flexibility index (Phi) is 3.25. The summed E-state index contributed by atoms with van der Waals surface area (Å²) in [4.78, 5) is 14.6. The molecule has 1 aliphatic rings. The van der Waals surface area contributed by atoms with Gasteiger partial charge in [0.05, 0.1) is 12.1 Å². The molecule has 4 aromatic rings. The zero-order chi connectivity index (χ0) is 17.7. The minimum absolute atomic E-state index is 0.113. The molecule has 0 unspecified atom stereocenters. The maximum atomic E-state index is 12.8. The third-order valence-electron chi connectivity index (χ3n) is 5.30. The molecule has 6 heteroatoms. The zero-order valence-electron chi connectivity index (χ0n) is 14.5. The van der Waals surface area contributed by atoms with Crippen molar-refractivity contribution in [2.24, 2.45) is 7.05 Å². The molecular weight excluding hydrogens is 326 g/mol. The molecule has 130 valence electrons. The molecule has 2 amide bonds. The van der Waals surface area contributed by atoms with Crippen molar-refractivity contribution in [2.45, 2.75) is 13.0 Å². The SMILES string of the molecule is Cn1c2c(c3ccccc31)CCN(C(=O)Nc1n[nH]c3ccccc13)C2. The van der Waals surface area contributed by atoms with E-state index in [-0.39, 0.29) is 6.03 Å². The lowest BCUT2D eigenvalue weighted by Gasteiger charge is -2.28. The summed E-state index contributed by atoms with van der Waals surface area (Å²) in [5.41, 5.74) is 4.70. The Hall–Kier alpha value is -3.28. The number of para-hydroxylation sites is 2. The summed E-state index contributed by atoms with van der Waals surface area (Å²) in [7, 11) is 2.07. The molecule has 6 nitrogen and oxygen atoms in total. The number of fused-ring (bicyclic) bond motifs is 4. The number of amides is 2. The van der Waals surface area contributed by atoms with Crippen LogP contribution in [0.2, 0.25) is 0 Å². The average Bonchev–Trinajstić information content (AvgIpc) is 3.22. The van der Waals surface area contributed by atoms with Gasteiger partial charge in [0.25, 0.3) is 0 Å². The highest BCUT2D eigenvalue weighted by atomic mass is 16.2. The van der Waals surface area contributed by atoms with Gasteiger partial charge in [-0.15, -0.1) is 0 Å². The number of hydrogen-bond donors (Lipinski definition) is 2. The van der Waals surface area contributed by atoms with E-state index in [4.69, 9.17) is 0 Å². The number of anilines is 1. The molecule has 0 saturated heterocycles. The second-order valence-electron chi connectivity index (χ2n) is 6.72. The van der Waals surface area contributed by atoms with Crippen LogP contribution in [0, 0.1) is 0 Å². The van der Waals surface area contributed by atoms with Gasteiger partial charge in [-0.1, -0.05) is 30.3 Å². The summed E-state index contributed by atoms with van der Waals surface area (Å²) in [6.07, 6.45) is 0.866. The zero-order valence-corrected chi connectivity index (χ0v) is 14.5. The van der Waals surface area contributed by atoms with Gasteiger partial charge in [-0.3, -0.25) is 10.4 Å². The molecule has 0 aliphatic carbocycles. The molecule has 2 aromatic carbocycles. The molecule has 5 rings (SSSR count). The summed E-state index contributed by atoms with van der Waals surface area (Å²) in [6.45, 7) is 1.31. The van der Waals surface area contributed by atoms with Gasteiger partial charge in [-0.25, -0.2) is 4.79 Å². The van der Waals surface area contributed by atoms with Crippen molar-refractivity contribution in [3.63, 3.8) is 0 Å². The van der Waals surface area contributed by atoms with Gasteiger partial charge in [0.2, 0.25) is 0 Å². The van der Waals surface area contributed by atoms with E-state index < -0.39 is 0 Å². The minimum atomic E-state index is -0.113. The molecule has 2 N–H and O–H groups in total. The monoisotopic (exact) mass is 345 g/mol. The van der Waals surface area contributed by atoms with Gasteiger partial charge < -0.3 is 9.47 Å². The number of aryl methyl sites for hydroxylation is 1. The van der Waals surface area contributed by atoms with E-state index in [0.717, 1.165) is 17.3 Å². The number of carbonyl (C=O) groups excluding carboxylic acids is 1. The van der Waals surface area contributed by atoms with Gasteiger partial charge in [0, 0.05) is 35.6 Å². The van der Waals surface area contributed by atoms with Gasteiger partial charge in [0.15, 0.2) is 5.82 Å². The Bertz CT molecular complexity index is 1140. The van der Waals surface area contributed by atoms with E-state index in [1.165, 1.54) is 22.2 Å². The third kappa shape index (κ3) is 2.19. The maximum absolute atomic E-state index is 12.8. The van der Waals surface area contributed by atoms with Crippen molar-refractivity contribution >= 4 is 33.7 Å². The van der Waals surface area contributed by atoms with Crippen LogP contribution in [-0.4, -0.2) is 32.2 Å². The highest BCUT2D eigenvalue weighted by Crippen LogP contribution is 2.30. The Morgan fingerprint density at radius 1 is 1.12 bits per heavy atom. The Labute approximate surface area is 150 Å². The molecule has 0 spiro atoms. The van der Waals surface area contributed by atoms with Gasteiger partial charge >= 0.3 is 6.03 Å². The summed E-state index contributed by atoms with van der Waals surface area (Å²) in [5.74, 6) is 0.577. The first kappa shape index (κ1) is 15.0. The average molecular weight is 345 g/mol. The van der Waals surface area contributed by atoms with Crippen molar-refractivity contribution in [2.75, 3.05) is 11.9 Å². The number of aromatic amines is 1. The molecule has 0 saturated carbocycles. The quantitative estimate of drug-likeness (QED) is 0.553. The summed E-state index contributed by atoms with van der Waals surface area (Å²) >= 11 is 0. The molecule has 2 aromatic heterocycles. The molecule has 1 aliphatic heterocycles. The predicted octanol–water partition coefficient (Wildman–Crippen LogP) is 3.64. The second-order valence-corrected chi connectivity index (χ2v) is 6.72. The van der Waals surface area contributed by atoms with Gasteiger partial charge in [0.1, 0.15) is 0 Å². The van der Waals surface area contributed by atoms with Crippen LogP contribution in [0.4, 0.5) is 10.6 Å². The molecule has 0 bridgehead atoms. The number of nitrogens with zero attached hydrogens (tertiary/aromatic N) is 3. The smallest absolute Gasteiger partial charge is 0.323 e. The Balaban J connectivity index is 1.43. The summed E-state index contributed by atoms with van der Waals surface area (Å²) in [6, 6.07) is 16.1. The fourth-order valence-electron chi connectivity index (χ4n) is 3.92. The van der Waals surface area contributed by atoms with Crippen molar-refractivity contribution in [1.82, 2.24) is 19.7 Å². The van der Waals surface area contributed by atoms with E-state index in [1.54, 1.807) is 0 Å². The van der Waals surface area contributed by atoms with Crippen LogP contribution in [0.1, 0.15) is 11.3 Å². The van der Waals surface area contributed by atoms with Crippen LogP contribution < -0.4 is 5.32 Å². The van der Waals surface area contributed by atoms with Crippen molar-refractivity contribution in [1.29, 1.82) is 0 Å². The molecular formula is C20H19N5O. The van der Waals surface area contributed by atoms with Crippen LogP contribution >= 0.6 is 0 Å². The lowest BCUT2D eigenvalue weighted by molar-refractivity contribution is 0.205. The molecule has 0 radical (unpaired) electrons. The van der Waals surface area contributed by atoms with Crippen LogP contribution in [0.15, 0.2) is 48.5 Å². The fourth-order valence-corrected chi connectivity index (χ4v) is 3.92. The van der Waals surface area contributed by atoms with Gasteiger partial charge in [-0.05, 0) is 30.2 Å². The fraction of sp³-hybridized carbons (Fsp3) is 0.200. The normalized spacial score (nSPS) is 14.0. The van der Waals surface area contributed by atoms with Crippen molar-refractivity contribution in [3.8, 4) is 0 Å². The van der Waals surface area contributed by atoms with E-state index in [9.17, 15) is 4.79 Å². The lowest BCUT2D eigenvalue weighted by Crippen LogP contribution is -2.39. The number of hydrogen-bond acceptors (Lipinski definition) is 2. The second kappa shape index (κ2) is 5.62. The van der Waals surface area contributed by atoms with Crippen LogP contribution in [0.25, 0.3) is 21.8 Å². The van der Waals surface area contributed by atoms with Crippen LogP contribution in [0.5, 0.6) is 0 Å². The standard InChI is InChI=1S/C20H19N5O/c1-24-17-9-5-3-6-13(17)14-10-11-25(12-18(14)24)20(26)21-19-15-7-2-4-8-16(15)22-23-19/h2-9H,10-12H2,1H3,(H2,21,22,23,26). The lowest BCUT2D eigenvalue weighted by atomic mass is 10.0. The van der Waals surface area contributed by atoms with E-state index >= 15 is 0 Å². The number of benzene rings is 2. The van der Waals surface area contributed by atoms with Crippen LogP contribution in [-0.2, 0) is 20.0 Å². The first-order valence-electron chi connectivity index (χ1n) is 8.76. The maximum Gasteiger partial charge on any atom is 0.323 e. The number of urea groups is 1. The first-order chi connectivity index (χ1) is 12.7. The number of carbonyl (C=O) groups is 1. The Morgan fingerprint density at radius 2 is 1.88 bits per heavy atom. The van der Waals surface area contributed by atoms with Crippen molar-refractivity contribution in [3.05, 3.63) is 59.8 Å². The Morgan fingerprint density at radius 3 is 2.77 bits per heavy atom. The number of H-pyrrole nitrogens is 1. The molecule has 26 heavy (non-hydrogen) atoms. The van der Waals surface area contributed by atoms with E-state index in [1.807, 2.05) is 29.2 Å². The number of rotatable bonds is 1. The number of nitrogens with one attached hydrogen (secondary N) is 2. The third-order valence-corrected chi connectivity index (χ3v) is 5.30. The van der Waals surface area contributed by atoms with E-state index in [2.05, 4.69) is 51.4 Å². The first-order valence-corrected chi connectivity index (χ1v) is 8.76. The largest absolute Gasteiger partial charge is 0.346 e. The highest BCUT2D eigenvalue weighted by molar-refractivity contribution is 5.99. The topological polar surface area (TPSA) is 66.0 Å². The molecule has 3 heterocycles. The van der Waals surface area contributed by atoms with Crippen molar-refractivity contribution < 1.29 is 4.79 Å². The number of aromatic nitrogens is 3. The van der Waals surface area contributed by atoms with Gasteiger partial charge in [-0.2, -0.15) is 5.10 Å². The minimum Gasteiger partial charge on any atom is -0.346 e. The summed E-state index contributed by atoms with van der Waals surface area (Å²) in [5, 5.41) is 12.4. The molecule has 0 fully saturated rings. The van der Waals surface area contributed by atoms with E-state index in [0.29, 0.717) is 18.9 Å². The predicted molar refractivity (Wildman–Crippen MR) is 102 cm³/mol. The highest BCUT2D eigenvalue weighted by Gasteiger charge is 2.26. The van der Waals surface area contributed by atoms with Crippen LogP contribution in [0.3, 0.4) is 0 Å². The molecule has 0 atom stereocenters.